The lowest BCUT2D eigenvalue weighted by Gasteiger charge is -2.24. The highest BCUT2D eigenvalue weighted by Crippen LogP contribution is 2.22. The molecule has 1 aliphatic heterocycles. The average Bonchev–Trinajstić information content (AvgIpc) is 3.20. The number of hydrogen-bond donors (Lipinski definition) is 1. The summed E-state index contributed by atoms with van der Waals surface area (Å²) < 4.78 is 5.42. The minimum atomic E-state index is -0.172. The fraction of sp³-hybridized carbons (Fsp3) is 0.562. The van der Waals surface area contributed by atoms with Crippen LogP contribution in [-0.4, -0.2) is 36.2 Å². The number of ether oxygens (including phenoxy) is 1. The van der Waals surface area contributed by atoms with Gasteiger partial charge in [-0.05, 0) is 31.2 Å². The Labute approximate surface area is 120 Å². The minimum Gasteiger partial charge on any atom is -0.445 e. The zero-order valence-electron chi connectivity index (χ0n) is 11.8. The monoisotopic (exact) mass is 274 g/mol. The molecule has 4 nitrogen and oxygen atoms in total. The topological polar surface area (TPSA) is 41.6 Å². The van der Waals surface area contributed by atoms with Crippen molar-refractivity contribution in [2.24, 2.45) is 0 Å². The maximum atomic E-state index is 12.2. The molecule has 1 saturated carbocycles. The molecule has 4 heteroatoms. The van der Waals surface area contributed by atoms with Gasteiger partial charge in [-0.25, -0.2) is 4.79 Å². The van der Waals surface area contributed by atoms with E-state index in [4.69, 9.17) is 4.74 Å². The van der Waals surface area contributed by atoms with Crippen molar-refractivity contribution >= 4 is 6.09 Å². The van der Waals surface area contributed by atoms with E-state index in [0.717, 1.165) is 31.5 Å². The molecule has 1 N–H and O–H groups in total. The summed E-state index contributed by atoms with van der Waals surface area (Å²) in [6, 6.07) is 10.8. The fourth-order valence-electron chi connectivity index (χ4n) is 2.68. The normalized spacial score (nSPS) is 22.0. The molecular formula is C16H22N2O2. The standard InChI is InChI=1S/C16H22N2O2/c19-16(20-12-13-5-2-1-3-6-13)18-10-4-7-15(18)11-17-14-8-9-14/h1-3,5-6,14-15,17H,4,7-12H2/t15-/m0/s1. The van der Waals surface area contributed by atoms with Gasteiger partial charge in [0.05, 0.1) is 0 Å². The second-order valence-corrected chi connectivity index (χ2v) is 5.71. The Bertz CT molecular complexity index is 445. The molecule has 2 aliphatic rings. The number of nitrogens with zero attached hydrogens (tertiary/aromatic N) is 1. The SMILES string of the molecule is O=C(OCc1ccccc1)N1CCC[C@H]1CNC1CC1. The largest absolute Gasteiger partial charge is 0.445 e. The van der Waals surface area contributed by atoms with Crippen LogP contribution in [0.15, 0.2) is 30.3 Å². The third-order valence-corrected chi connectivity index (χ3v) is 4.04. The zero-order chi connectivity index (χ0) is 13.8. The first kappa shape index (κ1) is 13.4. The first-order valence-electron chi connectivity index (χ1n) is 7.53. The third-order valence-electron chi connectivity index (χ3n) is 4.04. The molecule has 2 fully saturated rings. The molecule has 1 amide bonds. The summed E-state index contributed by atoms with van der Waals surface area (Å²) in [5.74, 6) is 0. The molecular weight excluding hydrogens is 252 g/mol. The summed E-state index contributed by atoms with van der Waals surface area (Å²) in [5.41, 5.74) is 1.03. The van der Waals surface area contributed by atoms with Crippen molar-refractivity contribution in [2.45, 2.75) is 44.4 Å². The van der Waals surface area contributed by atoms with Crippen molar-refractivity contribution in [3.63, 3.8) is 0 Å². The van der Waals surface area contributed by atoms with Crippen molar-refractivity contribution in [2.75, 3.05) is 13.1 Å². The van der Waals surface area contributed by atoms with Crippen LogP contribution in [0.2, 0.25) is 0 Å². The van der Waals surface area contributed by atoms with E-state index in [9.17, 15) is 4.79 Å². The average molecular weight is 274 g/mol. The molecule has 1 saturated heterocycles. The lowest BCUT2D eigenvalue weighted by Crippen LogP contribution is -2.42. The molecule has 1 aromatic rings. The van der Waals surface area contributed by atoms with Crippen LogP contribution in [-0.2, 0) is 11.3 Å². The van der Waals surface area contributed by atoms with Crippen LogP contribution >= 0.6 is 0 Å². The van der Waals surface area contributed by atoms with Gasteiger partial charge in [0.25, 0.3) is 0 Å². The molecule has 0 bridgehead atoms. The highest BCUT2D eigenvalue weighted by molar-refractivity contribution is 5.68. The van der Waals surface area contributed by atoms with Gasteiger partial charge in [-0.1, -0.05) is 30.3 Å². The second-order valence-electron chi connectivity index (χ2n) is 5.71. The molecule has 108 valence electrons. The van der Waals surface area contributed by atoms with Crippen LogP contribution < -0.4 is 5.32 Å². The van der Waals surface area contributed by atoms with E-state index in [-0.39, 0.29) is 6.09 Å². The summed E-state index contributed by atoms with van der Waals surface area (Å²) in [6.07, 6.45) is 4.56. The number of nitrogens with one attached hydrogen (secondary N) is 1. The van der Waals surface area contributed by atoms with Crippen LogP contribution in [0.5, 0.6) is 0 Å². The summed E-state index contributed by atoms with van der Waals surface area (Å²) in [7, 11) is 0. The molecule has 20 heavy (non-hydrogen) atoms. The Morgan fingerprint density at radius 2 is 2.05 bits per heavy atom. The molecule has 0 spiro atoms. The maximum absolute atomic E-state index is 12.2. The summed E-state index contributed by atoms with van der Waals surface area (Å²) in [4.78, 5) is 14.1. The first-order chi connectivity index (χ1) is 9.83. The van der Waals surface area contributed by atoms with Gasteiger partial charge < -0.3 is 15.0 Å². The number of hydrogen-bond acceptors (Lipinski definition) is 3. The van der Waals surface area contributed by atoms with E-state index < -0.39 is 0 Å². The number of benzene rings is 1. The molecule has 3 rings (SSSR count). The van der Waals surface area contributed by atoms with Crippen molar-refractivity contribution < 1.29 is 9.53 Å². The van der Waals surface area contributed by atoms with Crippen molar-refractivity contribution in [1.29, 1.82) is 0 Å². The summed E-state index contributed by atoms with van der Waals surface area (Å²) in [5, 5.41) is 3.51. The Kier molecular flexibility index (Phi) is 4.21. The van der Waals surface area contributed by atoms with Gasteiger partial charge in [0.15, 0.2) is 0 Å². The Morgan fingerprint density at radius 1 is 1.25 bits per heavy atom. The molecule has 1 aliphatic carbocycles. The molecule has 1 atom stereocenters. The Morgan fingerprint density at radius 3 is 2.80 bits per heavy atom. The lowest BCUT2D eigenvalue weighted by molar-refractivity contribution is 0.0918. The lowest BCUT2D eigenvalue weighted by atomic mass is 10.2. The number of carbonyl (C=O) groups is 1. The Balaban J connectivity index is 1.47. The highest BCUT2D eigenvalue weighted by atomic mass is 16.6. The van der Waals surface area contributed by atoms with Gasteiger partial charge in [0, 0.05) is 25.2 Å². The first-order valence-corrected chi connectivity index (χ1v) is 7.53. The molecule has 0 aromatic heterocycles. The number of likely N-dealkylation sites (tertiary alicyclic amines) is 1. The van der Waals surface area contributed by atoms with Gasteiger partial charge in [0.1, 0.15) is 6.61 Å². The van der Waals surface area contributed by atoms with Crippen LogP contribution in [0, 0.1) is 0 Å². The quantitative estimate of drug-likeness (QED) is 0.897. The van der Waals surface area contributed by atoms with E-state index in [0.29, 0.717) is 18.7 Å². The fourth-order valence-corrected chi connectivity index (χ4v) is 2.68. The predicted molar refractivity (Wildman–Crippen MR) is 77.4 cm³/mol. The van der Waals surface area contributed by atoms with Crippen LogP contribution in [0.25, 0.3) is 0 Å². The van der Waals surface area contributed by atoms with E-state index >= 15 is 0 Å². The molecule has 1 aromatic carbocycles. The molecule has 1 heterocycles. The molecule has 0 radical (unpaired) electrons. The number of amides is 1. The van der Waals surface area contributed by atoms with Crippen LogP contribution in [0.4, 0.5) is 4.79 Å². The summed E-state index contributed by atoms with van der Waals surface area (Å²) in [6.45, 7) is 2.09. The maximum Gasteiger partial charge on any atom is 0.410 e. The smallest absolute Gasteiger partial charge is 0.410 e. The highest BCUT2D eigenvalue weighted by Gasteiger charge is 2.31. The second kappa shape index (κ2) is 6.27. The minimum absolute atomic E-state index is 0.172. The van der Waals surface area contributed by atoms with Gasteiger partial charge in [-0.3, -0.25) is 0 Å². The van der Waals surface area contributed by atoms with Gasteiger partial charge in [0.2, 0.25) is 0 Å². The molecule has 0 unspecified atom stereocenters. The van der Waals surface area contributed by atoms with Gasteiger partial charge in [-0.15, -0.1) is 0 Å². The van der Waals surface area contributed by atoms with Crippen molar-refractivity contribution in [3.8, 4) is 0 Å². The third kappa shape index (κ3) is 3.51. The van der Waals surface area contributed by atoms with Crippen LogP contribution in [0.1, 0.15) is 31.2 Å². The summed E-state index contributed by atoms with van der Waals surface area (Å²) >= 11 is 0. The van der Waals surface area contributed by atoms with E-state index in [1.54, 1.807) is 0 Å². The van der Waals surface area contributed by atoms with Crippen LogP contribution in [0.3, 0.4) is 0 Å². The predicted octanol–water partition coefficient (Wildman–Crippen LogP) is 2.54. The van der Waals surface area contributed by atoms with Gasteiger partial charge >= 0.3 is 6.09 Å². The van der Waals surface area contributed by atoms with Gasteiger partial charge in [-0.2, -0.15) is 0 Å². The zero-order valence-corrected chi connectivity index (χ0v) is 11.8. The number of carbonyl (C=O) groups excluding carboxylic acids is 1. The number of rotatable bonds is 5. The van der Waals surface area contributed by atoms with Crippen molar-refractivity contribution in [3.05, 3.63) is 35.9 Å². The van der Waals surface area contributed by atoms with E-state index in [2.05, 4.69) is 5.32 Å². The van der Waals surface area contributed by atoms with E-state index in [1.165, 1.54) is 12.8 Å². The Hall–Kier alpha value is -1.55. The van der Waals surface area contributed by atoms with Crippen molar-refractivity contribution in [1.82, 2.24) is 10.2 Å². The van der Waals surface area contributed by atoms with E-state index in [1.807, 2.05) is 35.2 Å².